The third-order valence-electron chi connectivity index (χ3n) is 7.41. The number of hydrogen-bond acceptors (Lipinski definition) is 3. The van der Waals surface area contributed by atoms with Gasteiger partial charge in [0.1, 0.15) is 5.75 Å². The molecule has 0 saturated heterocycles. The van der Waals surface area contributed by atoms with E-state index in [2.05, 4.69) is 29.4 Å². The molecule has 0 aromatic heterocycles. The van der Waals surface area contributed by atoms with Crippen molar-refractivity contribution in [1.82, 2.24) is 0 Å². The molecule has 4 bridgehead atoms. The largest absolute Gasteiger partial charge is 0.507 e. The van der Waals surface area contributed by atoms with Gasteiger partial charge < -0.3 is 10.4 Å². The molecule has 4 aliphatic rings. The topological polar surface area (TPSA) is 44.6 Å². The van der Waals surface area contributed by atoms with Gasteiger partial charge in [-0.2, -0.15) is 0 Å². The number of aryl methyl sites for hydroxylation is 1. The van der Waals surface area contributed by atoms with Crippen LogP contribution in [0.15, 0.2) is 41.4 Å². The number of anilines is 1. The first-order chi connectivity index (χ1) is 13.6. The van der Waals surface area contributed by atoms with Crippen LogP contribution in [0.1, 0.15) is 55.2 Å². The van der Waals surface area contributed by atoms with E-state index in [1.165, 1.54) is 49.7 Å². The second kappa shape index (κ2) is 6.65. The Balaban J connectivity index is 1.53. The third kappa shape index (κ3) is 2.92. The Labute approximate surface area is 167 Å². The van der Waals surface area contributed by atoms with Crippen LogP contribution in [0.25, 0.3) is 0 Å². The summed E-state index contributed by atoms with van der Waals surface area (Å²) in [6.45, 7) is 2.14. The van der Waals surface area contributed by atoms with Gasteiger partial charge in [0.15, 0.2) is 0 Å². The summed E-state index contributed by atoms with van der Waals surface area (Å²) in [5, 5.41) is 14.5. The maximum atomic E-state index is 11.3. The first kappa shape index (κ1) is 17.8. The minimum Gasteiger partial charge on any atom is -0.507 e. The standard InChI is InChI=1S/C25H30N2O/c1-16-7-20(15-27-23-6-4-3-5-22(23)26-2)24(28)21(8-16)25-12-17-9-18(13-25)11-19(10-17)14-25/h3-8,15,17-19,26,28H,9-14H2,1-2H3/b27-15+. The summed E-state index contributed by atoms with van der Waals surface area (Å²) in [4.78, 5) is 4.69. The maximum Gasteiger partial charge on any atom is 0.128 e. The van der Waals surface area contributed by atoms with Crippen molar-refractivity contribution in [2.45, 2.75) is 50.9 Å². The van der Waals surface area contributed by atoms with E-state index in [1.807, 2.05) is 37.5 Å². The SMILES string of the molecule is CNc1ccccc1/N=C/c1cc(C)cc(C23CC4CC(CC(C4)C2)C3)c1O. The monoisotopic (exact) mass is 374 g/mol. The number of aliphatic imine (C=N–C) groups is 1. The summed E-state index contributed by atoms with van der Waals surface area (Å²) >= 11 is 0. The van der Waals surface area contributed by atoms with Crippen molar-refractivity contribution < 1.29 is 5.11 Å². The first-order valence-corrected chi connectivity index (χ1v) is 10.7. The van der Waals surface area contributed by atoms with Crippen molar-refractivity contribution in [1.29, 1.82) is 0 Å². The molecule has 2 aromatic rings. The number of aromatic hydroxyl groups is 1. The molecule has 0 radical (unpaired) electrons. The van der Waals surface area contributed by atoms with Gasteiger partial charge in [-0.1, -0.05) is 18.2 Å². The van der Waals surface area contributed by atoms with Crippen LogP contribution >= 0.6 is 0 Å². The van der Waals surface area contributed by atoms with Crippen molar-refractivity contribution in [2.24, 2.45) is 22.7 Å². The highest BCUT2D eigenvalue weighted by Crippen LogP contribution is 2.62. The lowest BCUT2D eigenvalue weighted by atomic mass is 9.48. The normalized spacial score (nSPS) is 30.9. The van der Waals surface area contributed by atoms with Gasteiger partial charge in [0.05, 0.1) is 11.4 Å². The average molecular weight is 375 g/mol. The van der Waals surface area contributed by atoms with E-state index in [4.69, 9.17) is 0 Å². The molecule has 28 heavy (non-hydrogen) atoms. The predicted molar refractivity (Wildman–Crippen MR) is 116 cm³/mol. The van der Waals surface area contributed by atoms with E-state index in [-0.39, 0.29) is 5.41 Å². The van der Waals surface area contributed by atoms with Crippen molar-refractivity contribution in [3.05, 3.63) is 53.1 Å². The van der Waals surface area contributed by atoms with Crippen LogP contribution in [-0.2, 0) is 5.41 Å². The number of rotatable bonds is 4. The van der Waals surface area contributed by atoms with E-state index in [0.29, 0.717) is 5.75 Å². The number of phenols is 1. The molecule has 3 nitrogen and oxygen atoms in total. The second-order valence-corrected chi connectivity index (χ2v) is 9.47. The zero-order valence-electron chi connectivity index (χ0n) is 16.9. The highest BCUT2D eigenvalue weighted by atomic mass is 16.3. The van der Waals surface area contributed by atoms with Crippen molar-refractivity contribution in [3.8, 4) is 5.75 Å². The third-order valence-corrected chi connectivity index (χ3v) is 7.41. The Morgan fingerprint density at radius 2 is 1.68 bits per heavy atom. The molecular weight excluding hydrogens is 344 g/mol. The highest BCUT2D eigenvalue weighted by Gasteiger charge is 2.52. The zero-order chi connectivity index (χ0) is 19.3. The highest BCUT2D eigenvalue weighted by molar-refractivity contribution is 5.88. The number of nitrogens with zero attached hydrogens (tertiary/aromatic N) is 1. The molecule has 0 atom stereocenters. The van der Waals surface area contributed by atoms with Gasteiger partial charge >= 0.3 is 0 Å². The molecule has 0 amide bonds. The van der Waals surface area contributed by atoms with Crippen LogP contribution < -0.4 is 5.32 Å². The van der Waals surface area contributed by atoms with Gasteiger partial charge in [-0.05, 0) is 92.4 Å². The van der Waals surface area contributed by atoms with Crippen LogP contribution in [-0.4, -0.2) is 18.4 Å². The summed E-state index contributed by atoms with van der Waals surface area (Å²) in [6.07, 6.45) is 9.87. The van der Waals surface area contributed by atoms with E-state index >= 15 is 0 Å². The Kier molecular flexibility index (Phi) is 4.22. The fourth-order valence-corrected chi connectivity index (χ4v) is 6.69. The van der Waals surface area contributed by atoms with E-state index < -0.39 is 0 Å². The number of hydrogen-bond donors (Lipinski definition) is 2. The molecule has 0 spiro atoms. The van der Waals surface area contributed by atoms with Gasteiger partial charge in [0.2, 0.25) is 0 Å². The van der Waals surface area contributed by atoms with Gasteiger partial charge in [-0.3, -0.25) is 4.99 Å². The van der Waals surface area contributed by atoms with Gasteiger partial charge in [-0.15, -0.1) is 0 Å². The summed E-state index contributed by atoms with van der Waals surface area (Å²) in [5.41, 5.74) is 5.32. The summed E-state index contributed by atoms with van der Waals surface area (Å²) in [7, 11) is 1.91. The Hall–Kier alpha value is -2.29. The number of nitrogens with one attached hydrogen (secondary N) is 1. The first-order valence-electron chi connectivity index (χ1n) is 10.7. The van der Waals surface area contributed by atoms with Crippen LogP contribution in [0, 0.1) is 24.7 Å². The Morgan fingerprint density at radius 3 is 2.32 bits per heavy atom. The summed E-state index contributed by atoms with van der Waals surface area (Å²) in [5.74, 6) is 3.06. The van der Waals surface area contributed by atoms with E-state index in [9.17, 15) is 5.11 Å². The second-order valence-electron chi connectivity index (χ2n) is 9.47. The molecule has 0 unspecified atom stereocenters. The summed E-state index contributed by atoms with van der Waals surface area (Å²) < 4.78 is 0. The van der Waals surface area contributed by atoms with Crippen molar-refractivity contribution >= 4 is 17.6 Å². The minimum atomic E-state index is 0.191. The van der Waals surface area contributed by atoms with Crippen molar-refractivity contribution in [2.75, 3.05) is 12.4 Å². The number of benzene rings is 2. The molecule has 146 valence electrons. The maximum absolute atomic E-state index is 11.3. The molecule has 4 saturated carbocycles. The zero-order valence-corrected chi connectivity index (χ0v) is 16.9. The fraction of sp³-hybridized carbons (Fsp3) is 0.480. The fourth-order valence-electron chi connectivity index (χ4n) is 6.69. The molecule has 6 rings (SSSR count). The van der Waals surface area contributed by atoms with Gasteiger partial charge in [0.25, 0.3) is 0 Å². The van der Waals surface area contributed by atoms with Crippen LogP contribution in [0.5, 0.6) is 5.75 Å². The molecular formula is C25H30N2O. The number of phenolic OH excluding ortho intramolecular Hbond substituents is 1. The van der Waals surface area contributed by atoms with Gasteiger partial charge in [0, 0.05) is 24.4 Å². The Bertz CT molecular complexity index is 895. The molecule has 0 heterocycles. The van der Waals surface area contributed by atoms with Crippen LogP contribution in [0.4, 0.5) is 11.4 Å². The van der Waals surface area contributed by atoms with Crippen LogP contribution in [0.3, 0.4) is 0 Å². The Morgan fingerprint density at radius 1 is 1.04 bits per heavy atom. The quantitative estimate of drug-likeness (QED) is 0.649. The van der Waals surface area contributed by atoms with Gasteiger partial charge in [-0.25, -0.2) is 0 Å². The molecule has 2 N–H and O–H groups in total. The van der Waals surface area contributed by atoms with E-state index in [1.54, 1.807) is 0 Å². The molecule has 3 heteroatoms. The van der Waals surface area contributed by atoms with Crippen molar-refractivity contribution in [3.63, 3.8) is 0 Å². The van der Waals surface area contributed by atoms with E-state index in [0.717, 1.165) is 34.7 Å². The summed E-state index contributed by atoms with van der Waals surface area (Å²) in [6, 6.07) is 12.3. The molecule has 4 aliphatic carbocycles. The lowest BCUT2D eigenvalue weighted by Gasteiger charge is -2.57. The lowest BCUT2D eigenvalue weighted by Crippen LogP contribution is -2.48. The van der Waals surface area contributed by atoms with Crippen LogP contribution in [0.2, 0.25) is 0 Å². The minimum absolute atomic E-state index is 0.191. The average Bonchev–Trinajstić information content (AvgIpc) is 2.67. The predicted octanol–water partition coefficient (Wildman–Crippen LogP) is 5.96. The molecule has 0 aliphatic heterocycles. The number of para-hydroxylation sites is 2. The molecule has 2 aromatic carbocycles. The molecule has 4 fully saturated rings. The smallest absolute Gasteiger partial charge is 0.128 e. The lowest BCUT2D eigenvalue weighted by molar-refractivity contribution is -0.00616.